The summed E-state index contributed by atoms with van der Waals surface area (Å²) in [7, 11) is 1.63. The van der Waals surface area contributed by atoms with Crippen LogP contribution < -0.4 is 10.1 Å². The first kappa shape index (κ1) is 18.1. The van der Waals surface area contributed by atoms with Crippen molar-refractivity contribution in [3.8, 4) is 17.2 Å². The molecule has 3 aromatic rings. The number of thioether (sulfide) groups is 1. The lowest BCUT2D eigenvalue weighted by atomic mass is 10.2. The Bertz CT molecular complexity index is 847. The van der Waals surface area contributed by atoms with E-state index in [1.807, 2.05) is 61.5 Å². The highest BCUT2D eigenvalue weighted by Gasteiger charge is 2.15. The van der Waals surface area contributed by atoms with Crippen molar-refractivity contribution in [2.75, 3.05) is 12.4 Å². The fraction of sp³-hybridized carbons (Fsp3) is 0.200. The van der Waals surface area contributed by atoms with Crippen molar-refractivity contribution < 1.29 is 13.9 Å². The van der Waals surface area contributed by atoms with E-state index in [-0.39, 0.29) is 11.2 Å². The van der Waals surface area contributed by atoms with E-state index >= 15 is 0 Å². The van der Waals surface area contributed by atoms with Crippen LogP contribution in [0.15, 0.2) is 65.3 Å². The molecule has 0 aliphatic carbocycles. The number of methoxy groups -OCH3 is 1. The van der Waals surface area contributed by atoms with E-state index in [2.05, 4.69) is 10.3 Å². The lowest BCUT2D eigenvalue weighted by molar-refractivity contribution is -0.115. The van der Waals surface area contributed by atoms with Gasteiger partial charge in [0.15, 0.2) is 0 Å². The molecule has 6 heteroatoms. The minimum atomic E-state index is -0.198. The fourth-order valence-electron chi connectivity index (χ4n) is 2.29. The molecular weight excluding hydrogens is 348 g/mol. The summed E-state index contributed by atoms with van der Waals surface area (Å²) < 4.78 is 10.7. The minimum absolute atomic E-state index is 0.0277. The van der Waals surface area contributed by atoms with Crippen molar-refractivity contribution in [1.82, 2.24) is 4.98 Å². The van der Waals surface area contributed by atoms with Gasteiger partial charge in [-0.2, -0.15) is 0 Å². The van der Waals surface area contributed by atoms with E-state index in [0.717, 1.165) is 22.7 Å². The molecule has 1 unspecified atom stereocenters. The number of benzene rings is 2. The third kappa shape index (κ3) is 4.67. The molecule has 5 nitrogen and oxygen atoms in total. The van der Waals surface area contributed by atoms with Crippen LogP contribution in [0.5, 0.6) is 5.75 Å². The molecule has 0 saturated heterocycles. The Morgan fingerprint density at radius 2 is 1.92 bits per heavy atom. The van der Waals surface area contributed by atoms with Gasteiger partial charge in [0.25, 0.3) is 0 Å². The highest BCUT2D eigenvalue weighted by molar-refractivity contribution is 7.99. The molecule has 0 radical (unpaired) electrons. The molecule has 134 valence electrons. The minimum Gasteiger partial charge on any atom is -0.497 e. The molecule has 1 amide bonds. The summed E-state index contributed by atoms with van der Waals surface area (Å²) in [6, 6.07) is 17.0. The van der Waals surface area contributed by atoms with E-state index in [1.54, 1.807) is 13.4 Å². The van der Waals surface area contributed by atoms with Crippen LogP contribution in [0.3, 0.4) is 0 Å². The van der Waals surface area contributed by atoms with Crippen molar-refractivity contribution in [3.63, 3.8) is 0 Å². The van der Waals surface area contributed by atoms with Crippen molar-refractivity contribution in [3.05, 3.63) is 66.6 Å². The molecule has 3 rings (SSSR count). The van der Waals surface area contributed by atoms with Crippen LogP contribution in [0, 0.1) is 0 Å². The third-order valence-electron chi connectivity index (χ3n) is 3.78. The number of oxazole rings is 1. The summed E-state index contributed by atoms with van der Waals surface area (Å²) in [5, 5.41) is 2.71. The molecule has 1 atom stereocenters. The number of hydrogen-bond donors (Lipinski definition) is 1. The lowest BCUT2D eigenvalue weighted by Crippen LogP contribution is -2.22. The summed E-state index contributed by atoms with van der Waals surface area (Å²) in [6.07, 6.45) is 1.63. The molecule has 1 N–H and O–H groups in total. The van der Waals surface area contributed by atoms with Crippen LogP contribution in [0.4, 0.5) is 5.69 Å². The zero-order chi connectivity index (χ0) is 18.4. The molecule has 0 aliphatic rings. The number of carbonyl (C=O) groups is 1. The van der Waals surface area contributed by atoms with Crippen molar-refractivity contribution in [2.45, 2.75) is 17.9 Å². The SMILES string of the molecule is COc1ccc(-c2nc(CSC(C)C(=O)Nc3ccccc3)co2)cc1. The first-order valence-electron chi connectivity index (χ1n) is 8.22. The molecule has 26 heavy (non-hydrogen) atoms. The number of carbonyl (C=O) groups excluding carboxylic acids is 1. The first-order valence-corrected chi connectivity index (χ1v) is 9.27. The van der Waals surface area contributed by atoms with Gasteiger partial charge in [-0.05, 0) is 43.3 Å². The molecule has 0 bridgehead atoms. The number of amides is 1. The maximum Gasteiger partial charge on any atom is 0.237 e. The van der Waals surface area contributed by atoms with Crippen LogP contribution in [-0.2, 0) is 10.5 Å². The molecule has 0 saturated carbocycles. The van der Waals surface area contributed by atoms with E-state index in [0.29, 0.717) is 11.6 Å². The largest absolute Gasteiger partial charge is 0.497 e. The van der Waals surface area contributed by atoms with E-state index in [9.17, 15) is 4.79 Å². The smallest absolute Gasteiger partial charge is 0.237 e. The summed E-state index contributed by atoms with van der Waals surface area (Å²) in [5.41, 5.74) is 2.49. The standard InChI is InChI=1S/C20H20N2O3S/c1-14(19(23)21-16-6-4-3-5-7-16)26-13-17-12-25-20(22-17)15-8-10-18(24-2)11-9-15/h3-12,14H,13H2,1-2H3,(H,21,23). The quantitative estimate of drug-likeness (QED) is 0.660. The second-order valence-electron chi connectivity index (χ2n) is 5.68. The van der Waals surface area contributed by atoms with Crippen molar-refractivity contribution in [1.29, 1.82) is 0 Å². The highest BCUT2D eigenvalue weighted by atomic mass is 32.2. The Balaban J connectivity index is 1.54. The zero-order valence-electron chi connectivity index (χ0n) is 14.6. The Morgan fingerprint density at radius 3 is 2.62 bits per heavy atom. The van der Waals surface area contributed by atoms with Crippen LogP contribution in [0.2, 0.25) is 0 Å². The van der Waals surface area contributed by atoms with Crippen LogP contribution in [0.1, 0.15) is 12.6 Å². The number of rotatable bonds is 7. The second-order valence-corrected chi connectivity index (χ2v) is 7.01. The summed E-state index contributed by atoms with van der Waals surface area (Å²) in [4.78, 5) is 16.7. The number of anilines is 1. The molecule has 0 spiro atoms. The molecule has 1 heterocycles. The van der Waals surface area contributed by atoms with Gasteiger partial charge in [0.1, 0.15) is 12.0 Å². The van der Waals surface area contributed by atoms with Gasteiger partial charge in [-0.15, -0.1) is 11.8 Å². The molecule has 2 aromatic carbocycles. The van der Waals surface area contributed by atoms with Gasteiger partial charge in [-0.1, -0.05) is 18.2 Å². The van der Waals surface area contributed by atoms with Gasteiger partial charge in [0, 0.05) is 17.0 Å². The average molecular weight is 368 g/mol. The predicted molar refractivity (Wildman–Crippen MR) is 104 cm³/mol. The Labute approximate surface area is 156 Å². The van der Waals surface area contributed by atoms with Gasteiger partial charge in [-0.3, -0.25) is 4.79 Å². The van der Waals surface area contributed by atoms with Crippen molar-refractivity contribution in [2.24, 2.45) is 0 Å². The molecule has 0 aliphatic heterocycles. The maximum absolute atomic E-state index is 12.2. The lowest BCUT2D eigenvalue weighted by Gasteiger charge is -2.11. The van der Waals surface area contributed by atoms with Crippen LogP contribution in [0.25, 0.3) is 11.5 Å². The number of nitrogens with zero attached hydrogens (tertiary/aromatic N) is 1. The molecular formula is C20H20N2O3S. The number of ether oxygens (including phenoxy) is 1. The summed E-state index contributed by atoms with van der Waals surface area (Å²) in [5.74, 6) is 1.92. The molecule has 1 aromatic heterocycles. The number of aromatic nitrogens is 1. The number of hydrogen-bond acceptors (Lipinski definition) is 5. The second kappa shape index (κ2) is 8.58. The number of nitrogens with one attached hydrogen (secondary N) is 1. The topological polar surface area (TPSA) is 64.4 Å². The van der Waals surface area contributed by atoms with E-state index < -0.39 is 0 Å². The number of para-hydroxylation sites is 1. The van der Waals surface area contributed by atoms with Gasteiger partial charge >= 0.3 is 0 Å². The summed E-state index contributed by atoms with van der Waals surface area (Å²) >= 11 is 1.52. The maximum atomic E-state index is 12.2. The van der Waals surface area contributed by atoms with E-state index in [1.165, 1.54) is 11.8 Å². The normalized spacial score (nSPS) is 11.8. The Kier molecular flexibility index (Phi) is 5.96. The van der Waals surface area contributed by atoms with Gasteiger partial charge in [0.05, 0.1) is 18.1 Å². The van der Waals surface area contributed by atoms with E-state index in [4.69, 9.17) is 9.15 Å². The van der Waals surface area contributed by atoms with Gasteiger partial charge in [-0.25, -0.2) is 4.98 Å². The van der Waals surface area contributed by atoms with Gasteiger partial charge < -0.3 is 14.5 Å². The monoisotopic (exact) mass is 368 g/mol. The van der Waals surface area contributed by atoms with Crippen molar-refractivity contribution >= 4 is 23.4 Å². The van der Waals surface area contributed by atoms with Crippen LogP contribution >= 0.6 is 11.8 Å². The van der Waals surface area contributed by atoms with Crippen LogP contribution in [-0.4, -0.2) is 23.3 Å². The van der Waals surface area contributed by atoms with Gasteiger partial charge in [0.2, 0.25) is 11.8 Å². The predicted octanol–water partition coefficient (Wildman–Crippen LogP) is 4.61. The highest BCUT2D eigenvalue weighted by Crippen LogP contribution is 2.24. The first-order chi connectivity index (χ1) is 12.7. The fourth-order valence-corrected chi connectivity index (χ4v) is 3.05. The third-order valence-corrected chi connectivity index (χ3v) is 4.96. The summed E-state index contributed by atoms with van der Waals surface area (Å²) in [6.45, 7) is 1.88. The molecule has 0 fully saturated rings. The Hall–Kier alpha value is -2.73. The zero-order valence-corrected chi connectivity index (χ0v) is 15.5. The average Bonchev–Trinajstić information content (AvgIpc) is 3.16. The Morgan fingerprint density at radius 1 is 1.19 bits per heavy atom.